The lowest BCUT2D eigenvalue weighted by Crippen LogP contribution is -2.09. The van der Waals surface area contributed by atoms with Gasteiger partial charge in [-0.1, -0.05) is 42.5 Å². The number of hydrogen-bond donors (Lipinski definition) is 1. The first-order valence-corrected chi connectivity index (χ1v) is 10.7. The number of nitrogens with zero attached hydrogens (tertiary/aromatic N) is 1. The van der Waals surface area contributed by atoms with Gasteiger partial charge in [0.15, 0.2) is 0 Å². The monoisotopic (exact) mass is 428 g/mol. The van der Waals surface area contributed by atoms with E-state index in [4.69, 9.17) is 9.72 Å². The quantitative estimate of drug-likeness (QED) is 0.464. The molecule has 0 aliphatic heterocycles. The molecule has 5 nitrogen and oxygen atoms in total. The van der Waals surface area contributed by atoms with Crippen molar-refractivity contribution < 1.29 is 13.2 Å². The standard InChI is InChI=1S/C22H20N2O3S.ClH/c1-27-22-14-16(24-28(2,25)26)12-11-15(22)13-19-17-7-3-5-9-20(17)23-21-10-6-4-8-18(19)21;/h3-12,14,24H,13H2,1-2H3;1H. The van der Waals surface area contributed by atoms with Crippen LogP contribution in [-0.2, 0) is 16.4 Å². The van der Waals surface area contributed by atoms with Crippen molar-refractivity contribution in [1.82, 2.24) is 4.98 Å². The summed E-state index contributed by atoms with van der Waals surface area (Å²) < 4.78 is 31.1. The lowest BCUT2D eigenvalue weighted by Gasteiger charge is -2.14. The predicted molar refractivity (Wildman–Crippen MR) is 121 cm³/mol. The average molecular weight is 429 g/mol. The third kappa shape index (κ3) is 4.44. The van der Waals surface area contributed by atoms with Crippen molar-refractivity contribution in [3.63, 3.8) is 0 Å². The van der Waals surface area contributed by atoms with E-state index < -0.39 is 10.0 Å². The molecule has 0 spiro atoms. The van der Waals surface area contributed by atoms with Crippen LogP contribution in [0.1, 0.15) is 11.1 Å². The van der Waals surface area contributed by atoms with Crippen LogP contribution in [0.25, 0.3) is 21.8 Å². The number of hydrogen-bond acceptors (Lipinski definition) is 4. The molecule has 3 aromatic carbocycles. The van der Waals surface area contributed by atoms with Crippen molar-refractivity contribution in [2.24, 2.45) is 0 Å². The van der Waals surface area contributed by atoms with E-state index in [0.29, 0.717) is 17.9 Å². The molecule has 1 heterocycles. The first kappa shape index (κ1) is 20.9. The van der Waals surface area contributed by atoms with Crippen LogP contribution in [0.2, 0.25) is 0 Å². The first-order chi connectivity index (χ1) is 13.4. The Kier molecular flexibility index (Phi) is 5.96. The third-order valence-electron chi connectivity index (χ3n) is 4.66. The molecule has 0 unspecified atom stereocenters. The van der Waals surface area contributed by atoms with Crippen molar-refractivity contribution in [2.45, 2.75) is 6.42 Å². The number of para-hydroxylation sites is 2. The summed E-state index contributed by atoms with van der Waals surface area (Å²) in [5.41, 5.74) is 4.52. The molecule has 1 aromatic heterocycles. The summed E-state index contributed by atoms with van der Waals surface area (Å²) in [6.07, 6.45) is 1.77. The van der Waals surface area contributed by atoms with E-state index in [1.54, 1.807) is 19.2 Å². The average Bonchev–Trinajstić information content (AvgIpc) is 2.67. The summed E-state index contributed by atoms with van der Waals surface area (Å²) in [5, 5.41) is 2.20. The van der Waals surface area contributed by atoms with Gasteiger partial charge >= 0.3 is 0 Å². The number of methoxy groups -OCH3 is 1. The largest absolute Gasteiger partial charge is 0.496 e. The molecule has 29 heavy (non-hydrogen) atoms. The molecule has 0 saturated heterocycles. The highest BCUT2D eigenvalue weighted by Crippen LogP contribution is 2.32. The van der Waals surface area contributed by atoms with E-state index in [2.05, 4.69) is 16.9 Å². The maximum atomic E-state index is 11.5. The molecule has 150 valence electrons. The summed E-state index contributed by atoms with van der Waals surface area (Å²) in [4.78, 5) is 4.77. The normalized spacial score (nSPS) is 11.2. The number of pyridine rings is 1. The van der Waals surface area contributed by atoms with Gasteiger partial charge in [0, 0.05) is 23.3 Å². The molecule has 0 aliphatic rings. The number of fused-ring (bicyclic) bond motifs is 2. The molecule has 0 saturated carbocycles. The first-order valence-electron chi connectivity index (χ1n) is 8.86. The van der Waals surface area contributed by atoms with Crippen LogP contribution in [-0.4, -0.2) is 26.8 Å². The number of rotatable bonds is 5. The molecule has 1 N–H and O–H groups in total. The van der Waals surface area contributed by atoms with Gasteiger partial charge in [0.05, 0.1) is 30.1 Å². The Morgan fingerprint density at radius 3 is 2.07 bits per heavy atom. The molecule has 0 amide bonds. The molecule has 4 rings (SSSR count). The molecule has 0 atom stereocenters. The smallest absolute Gasteiger partial charge is 0.229 e. The van der Waals surface area contributed by atoms with Crippen LogP contribution < -0.4 is 9.46 Å². The third-order valence-corrected chi connectivity index (χ3v) is 5.26. The summed E-state index contributed by atoms with van der Waals surface area (Å²) in [6, 6.07) is 21.6. The van der Waals surface area contributed by atoms with Crippen LogP contribution in [0.5, 0.6) is 5.75 Å². The Labute approximate surface area is 176 Å². The highest BCUT2D eigenvalue weighted by atomic mass is 35.5. The SMILES string of the molecule is COc1cc(NS(C)(=O)=O)ccc1Cc1c2ccccc2nc2ccccc12.Cl. The minimum absolute atomic E-state index is 0. The highest BCUT2D eigenvalue weighted by Gasteiger charge is 2.13. The number of benzene rings is 3. The Bertz CT molecular complexity index is 1240. The predicted octanol–water partition coefficient (Wildman–Crippen LogP) is 4.78. The van der Waals surface area contributed by atoms with Gasteiger partial charge in [0.25, 0.3) is 0 Å². The second-order valence-corrected chi connectivity index (χ2v) is 8.45. The topological polar surface area (TPSA) is 68.3 Å². The van der Waals surface area contributed by atoms with E-state index in [1.807, 2.05) is 42.5 Å². The second-order valence-electron chi connectivity index (χ2n) is 6.70. The van der Waals surface area contributed by atoms with Crippen molar-refractivity contribution >= 4 is 49.9 Å². The number of nitrogens with one attached hydrogen (secondary N) is 1. The number of anilines is 1. The highest BCUT2D eigenvalue weighted by molar-refractivity contribution is 7.92. The number of aromatic nitrogens is 1. The van der Waals surface area contributed by atoms with Crippen LogP contribution >= 0.6 is 12.4 Å². The molecule has 7 heteroatoms. The fraction of sp³-hybridized carbons (Fsp3) is 0.136. The minimum atomic E-state index is -3.35. The number of ether oxygens (including phenoxy) is 1. The Hall–Kier alpha value is -2.83. The molecule has 0 radical (unpaired) electrons. The molecule has 0 aliphatic carbocycles. The van der Waals surface area contributed by atoms with Crippen LogP contribution in [0.4, 0.5) is 5.69 Å². The van der Waals surface area contributed by atoms with Gasteiger partial charge in [-0.15, -0.1) is 12.4 Å². The van der Waals surface area contributed by atoms with E-state index in [-0.39, 0.29) is 12.4 Å². The zero-order valence-corrected chi connectivity index (χ0v) is 17.7. The molecule has 4 aromatic rings. The molecular formula is C22H21ClN2O3S. The van der Waals surface area contributed by atoms with E-state index in [1.165, 1.54) is 5.56 Å². The van der Waals surface area contributed by atoms with Gasteiger partial charge in [-0.05, 0) is 29.3 Å². The maximum absolute atomic E-state index is 11.5. The van der Waals surface area contributed by atoms with Gasteiger partial charge < -0.3 is 4.74 Å². The minimum Gasteiger partial charge on any atom is -0.496 e. The maximum Gasteiger partial charge on any atom is 0.229 e. The van der Waals surface area contributed by atoms with Crippen molar-refractivity contribution in [3.8, 4) is 5.75 Å². The van der Waals surface area contributed by atoms with E-state index in [9.17, 15) is 8.42 Å². The molecule has 0 fully saturated rings. The van der Waals surface area contributed by atoms with Crippen LogP contribution in [0, 0.1) is 0 Å². The fourth-order valence-corrected chi connectivity index (χ4v) is 4.03. The van der Waals surface area contributed by atoms with E-state index in [0.717, 1.165) is 33.6 Å². The number of halogens is 1. The molecular weight excluding hydrogens is 408 g/mol. The van der Waals surface area contributed by atoms with Crippen LogP contribution in [0.3, 0.4) is 0 Å². The Morgan fingerprint density at radius 1 is 0.931 bits per heavy atom. The van der Waals surface area contributed by atoms with E-state index >= 15 is 0 Å². The van der Waals surface area contributed by atoms with Crippen molar-refractivity contribution in [2.75, 3.05) is 18.1 Å². The Balaban J connectivity index is 0.00000240. The zero-order chi connectivity index (χ0) is 19.7. The van der Waals surface area contributed by atoms with Gasteiger partial charge in [0.2, 0.25) is 10.0 Å². The molecule has 0 bridgehead atoms. The van der Waals surface area contributed by atoms with Gasteiger partial charge in [-0.3, -0.25) is 4.72 Å². The summed E-state index contributed by atoms with van der Waals surface area (Å²) >= 11 is 0. The zero-order valence-electron chi connectivity index (χ0n) is 16.0. The van der Waals surface area contributed by atoms with Gasteiger partial charge in [-0.25, -0.2) is 13.4 Å². The fourth-order valence-electron chi connectivity index (χ4n) is 3.48. The second kappa shape index (κ2) is 8.27. The number of sulfonamides is 1. The Morgan fingerprint density at radius 2 is 1.52 bits per heavy atom. The van der Waals surface area contributed by atoms with Crippen molar-refractivity contribution in [1.29, 1.82) is 0 Å². The van der Waals surface area contributed by atoms with Gasteiger partial charge in [-0.2, -0.15) is 0 Å². The van der Waals surface area contributed by atoms with Gasteiger partial charge in [0.1, 0.15) is 5.75 Å². The summed E-state index contributed by atoms with van der Waals surface area (Å²) in [5.74, 6) is 0.638. The lowest BCUT2D eigenvalue weighted by atomic mass is 9.96. The summed E-state index contributed by atoms with van der Waals surface area (Å²) in [7, 11) is -1.76. The summed E-state index contributed by atoms with van der Waals surface area (Å²) in [6.45, 7) is 0. The lowest BCUT2D eigenvalue weighted by molar-refractivity contribution is 0.411. The van der Waals surface area contributed by atoms with Crippen LogP contribution in [0.15, 0.2) is 66.7 Å². The van der Waals surface area contributed by atoms with Crippen molar-refractivity contribution in [3.05, 3.63) is 77.9 Å².